The van der Waals surface area contributed by atoms with E-state index in [2.05, 4.69) is 4.98 Å². The van der Waals surface area contributed by atoms with Gasteiger partial charge < -0.3 is 24.1 Å². The van der Waals surface area contributed by atoms with Crippen molar-refractivity contribution in [2.75, 3.05) is 0 Å². The SMILES string of the molecule is CC[C@H]1C(=O)C(C)(C)[C@@H](O)CC(=O)O[C@H](C(F)=Cc2coc(C)n2)C[C@@H]2O[C@]2(C)CCC[C@H](C)C1O. The number of aryl methyl sites for hydroxylation is 1. The van der Waals surface area contributed by atoms with Gasteiger partial charge in [-0.15, -0.1) is 0 Å². The number of carbonyl (C=O) groups excluding carboxylic acids is 2. The molecule has 0 aromatic carbocycles. The van der Waals surface area contributed by atoms with Crippen molar-refractivity contribution in [3.8, 4) is 0 Å². The van der Waals surface area contributed by atoms with E-state index in [-0.39, 0.29) is 29.9 Å². The Morgan fingerprint density at radius 1 is 1.28 bits per heavy atom. The molecule has 2 fully saturated rings. The van der Waals surface area contributed by atoms with Gasteiger partial charge in [-0.1, -0.05) is 34.1 Å². The largest absolute Gasteiger partial charge is 0.455 e. The minimum absolute atomic E-state index is 0.107. The number of aliphatic hydroxyl groups excluding tert-OH is 2. The van der Waals surface area contributed by atoms with E-state index in [1.807, 2.05) is 20.8 Å². The number of epoxide rings is 1. The fourth-order valence-corrected chi connectivity index (χ4v) is 5.09. The number of ketones is 1. The molecular weight excluding hydrogens is 469 g/mol. The molecule has 2 aliphatic rings. The fourth-order valence-electron chi connectivity index (χ4n) is 5.09. The molecule has 8 nitrogen and oxygen atoms in total. The summed E-state index contributed by atoms with van der Waals surface area (Å²) in [4.78, 5) is 30.2. The highest BCUT2D eigenvalue weighted by atomic mass is 19.1. The van der Waals surface area contributed by atoms with Crippen molar-refractivity contribution in [2.45, 2.75) is 110 Å². The summed E-state index contributed by atoms with van der Waals surface area (Å²) < 4.78 is 31.8. The number of ether oxygens (including phenoxy) is 2. The number of cyclic esters (lactones) is 1. The second kappa shape index (κ2) is 11.1. The van der Waals surface area contributed by atoms with Gasteiger partial charge in [0.25, 0.3) is 0 Å². The Balaban J connectivity index is 1.87. The predicted octanol–water partition coefficient (Wildman–Crippen LogP) is 4.31. The van der Waals surface area contributed by atoms with Gasteiger partial charge in [-0.2, -0.15) is 0 Å². The molecule has 7 atom stereocenters. The van der Waals surface area contributed by atoms with Gasteiger partial charge in [-0.3, -0.25) is 9.59 Å². The highest BCUT2D eigenvalue weighted by Crippen LogP contribution is 2.45. The molecule has 2 saturated heterocycles. The standard InChI is InChI=1S/C27H40FNO7/c1-7-18-24(32)15(2)9-8-10-27(6)22(36-27)12-20(19(28)11-17-14-34-16(3)29-17)35-23(31)13-21(30)26(4,5)25(18)33/h11,14-15,18,20-22,24,30,32H,7-10,12-13H2,1-6H3/t15-,18+,20-,21-,22-,24?,27+/m0/s1. The van der Waals surface area contributed by atoms with Crippen molar-refractivity contribution in [2.24, 2.45) is 17.3 Å². The lowest BCUT2D eigenvalue weighted by Crippen LogP contribution is -2.46. The van der Waals surface area contributed by atoms with Gasteiger partial charge in [0, 0.05) is 25.3 Å². The van der Waals surface area contributed by atoms with E-state index < -0.39 is 53.5 Å². The summed E-state index contributed by atoms with van der Waals surface area (Å²) in [6, 6.07) is 0. The lowest BCUT2D eigenvalue weighted by Gasteiger charge is -2.35. The summed E-state index contributed by atoms with van der Waals surface area (Å²) >= 11 is 0. The molecule has 36 heavy (non-hydrogen) atoms. The van der Waals surface area contributed by atoms with Crippen molar-refractivity contribution < 1.29 is 38.1 Å². The third-order valence-corrected chi connectivity index (χ3v) is 7.90. The third kappa shape index (κ3) is 6.42. The van der Waals surface area contributed by atoms with Crippen LogP contribution in [0, 0.1) is 24.2 Å². The highest BCUT2D eigenvalue weighted by Gasteiger charge is 2.53. The number of nitrogens with zero attached hydrogens (tertiary/aromatic N) is 1. The van der Waals surface area contributed by atoms with Crippen LogP contribution in [0.3, 0.4) is 0 Å². The normalized spacial score (nSPS) is 36.8. The Kier molecular flexibility index (Phi) is 8.78. The number of carbonyl (C=O) groups is 2. The van der Waals surface area contributed by atoms with Gasteiger partial charge in [0.2, 0.25) is 0 Å². The lowest BCUT2D eigenvalue weighted by molar-refractivity contribution is -0.155. The predicted molar refractivity (Wildman–Crippen MR) is 130 cm³/mol. The number of Topliss-reactive ketones (excluding diaryl/α,β-unsaturated/α-hetero) is 1. The van der Waals surface area contributed by atoms with Gasteiger partial charge >= 0.3 is 5.97 Å². The van der Waals surface area contributed by atoms with Crippen LogP contribution < -0.4 is 0 Å². The maximum absolute atomic E-state index is 15.3. The molecule has 0 aliphatic carbocycles. The zero-order valence-corrected chi connectivity index (χ0v) is 22.1. The topological polar surface area (TPSA) is 122 Å². The molecule has 0 saturated carbocycles. The molecule has 0 spiro atoms. The van der Waals surface area contributed by atoms with Crippen molar-refractivity contribution in [1.82, 2.24) is 4.98 Å². The number of halogens is 1. The molecule has 0 bridgehead atoms. The van der Waals surface area contributed by atoms with Gasteiger partial charge in [0.1, 0.15) is 23.6 Å². The van der Waals surface area contributed by atoms with E-state index in [4.69, 9.17) is 13.9 Å². The maximum atomic E-state index is 15.3. The first kappa shape index (κ1) is 28.5. The quantitative estimate of drug-likeness (QED) is 0.457. The van der Waals surface area contributed by atoms with Crippen LogP contribution in [-0.4, -0.2) is 57.0 Å². The summed E-state index contributed by atoms with van der Waals surface area (Å²) in [7, 11) is 0. The second-order valence-corrected chi connectivity index (χ2v) is 11.1. The van der Waals surface area contributed by atoms with E-state index in [0.717, 1.165) is 12.5 Å². The number of hydrogen-bond donors (Lipinski definition) is 2. The summed E-state index contributed by atoms with van der Waals surface area (Å²) in [5.41, 5.74) is -1.53. The van der Waals surface area contributed by atoms with E-state index >= 15 is 4.39 Å². The minimum atomic E-state index is -1.37. The average Bonchev–Trinajstić information content (AvgIpc) is 3.24. The molecule has 0 amide bonds. The monoisotopic (exact) mass is 509 g/mol. The Morgan fingerprint density at radius 3 is 2.58 bits per heavy atom. The average molecular weight is 510 g/mol. The minimum Gasteiger partial charge on any atom is -0.455 e. The molecule has 202 valence electrons. The Bertz CT molecular complexity index is 973. The number of hydrogen-bond acceptors (Lipinski definition) is 8. The molecule has 1 aromatic heterocycles. The molecular formula is C27H40FNO7. The third-order valence-electron chi connectivity index (χ3n) is 7.90. The Morgan fingerprint density at radius 2 is 1.97 bits per heavy atom. The lowest BCUT2D eigenvalue weighted by atomic mass is 9.71. The van der Waals surface area contributed by atoms with Gasteiger partial charge in [-0.05, 0) is 32.1 Å². The van der Waals surface area contributed by atoms with Crippen LogP contribution >= 0.6 is 0 Å². The van der Waals surface area contributed by atoms with Crippen LogP contribution in [0.1, 0.15) is 84.7 Å². The van der Waals surface area contributed by atoms with E-state index in [1.165, 1.54) is 6.26 Å². The number of oxazole rings is 1. The van der Waals surface area contributed by atoms with Crippen LogP contribution in [0.2, 0.25) is 0 Å². The molecule has 9 heteroatoms. The van der Waals surface area contributed by atoms with Crippen LogP contribution in [0.5, 0.6) is 0 Å². The summed E-state index contributed by atoms with van der Waals surface area (Å²) in [5.74, 6) is -2.27. The molecule has 2 aliphatic heterocycles. The molecule has 1 aromatic rings. The zero-order valence-electron chi connectivity index (χ0n) is 22.1. The van der Waals surface area contributed by atoms with Crippen molar-refractivity contribution in [3.05, 3.63) is 23.7 Å². The fraction of sp³-hybridized carbons (Fsp3) is 0.741. The van der Waals surface area contributed by atoms with E-state index in [1.54, 1.807) is 20.8 Å². The Hall–Kier alpha value is -2.10. The second-order valence-electron chi connectivity index (χ2n) is 11.1. The molecule has 0 radical (unpaired) electrons. The first-order chi connectivity index (χ1) is 16.8. The zero-order chi connectivity index (χ0) is 26.8. The number of fused-ring (bicyclic) bond motifs is 1. The number of aromatic nitrogens is 1. The van der Waals surface area contributed by atoms with Gasteiger partial charge in [-0.25, -0.2) is 9.37 Å². The van der Waals surface area contributed by atoms with Gasteiger partial charge in [0.05, 0.1) is 35.7 Å². The maximum Gasteiger partial charge on any atom is 0.309 e. The van der Waals surface area contributed by atoms with Crippen molar-refractivity contribution in [1.29, 1.82) is 0 Å². The van der Waals surface area contributed by atoms with Gasteiger partial charge in [0.15, 0.2) is 12.0 Å². The van der Waals surface area contributed by atoms with Crippen molar-refractivity contribution >= 4 is 17.8 Å². The number of aliphatic hydroxyl groups is 2. The Labute approximate surface area is 212 Å². The number of esters is 1. The van der Waals surface area contributed by atoms with Crippen LogP contribution in [-0.2, 0) is 19.1 Å². The van der Waals surface area contributed by atoms with Crippen molar-refractivity contribution in [3.63, 3.8) is 0 Å². The highest BCUT2D eigenvalue weighted by molar-refractivity contribution is 5.88. The molecule has 3 heterocycles. The van der Waals surface area contributed by atoms with Crippen LogP contribution in [0.15, 0.2) is 16.5 Å². The smallest absolute Gasteiger partial charge is 0.309 e. The van der Waals surface area contributed by atoms with Crippen LogP contribution in [0.25, 0.3) is 6.08 Å². The molecule has 1 unspecified atom stereocenters. The van der Waals surface area contributed by atoms with E-state index in [0.29, 0.717) is 25.2 Å². The first-order valence-electron chi connectivity index (χ1n) is 12.9. The summed E-state index contributed by atoms with van der Waals surface area (Å²) in [5, 5.41) is 21.8. The summed E-state index contributed by atoms with van der Waals surface area (Å²) in [6.07, 6.45) is 0.861. The molecule has 3 rings (SSSR count). The summed E-state index contributed by atoms with van der Waals surface area (Å²) in [6.45, 7) is 10.4. The number of rotatable bonds is 3. The van der Waals surface area contributed by atoms with E-state index in [9.17, 15) is 19.8 Å². The first-order valence-corrected chi connectivity index (χ1v) is 12.9. The molecule has 2 N–H and O–H groups in total. The van der Waals surface area contributed by atoms with Crippen LogP contribution in [0.4, 0.5) is 4.39 Å².